The van der Waals surface area contributed by atoms with Crippen molar-refractivity contribution in [1.82, 2.24) is 10.2 Å². The molecule has 0 bridgehead atoms. The lowest BCUT2D eigenvalue weighted by molar-refractivity contribution is 0.0508. The highest BCUT2D eigenvalue weighted by atomic mass is 15.3. The Balaban J connectivity index is 2.55. The van der Waals surface area contributed by atoms with Crippen LogP contribution in [-0.2, 0) is 0 Å². The van der Waals surface area contributed by atoms with Crippen molar-refractivity contribution in [3.8, 4) is 0 Å². The Morgan fingerprint density at radius 1 is 1.38 bits per heavy atom. The summed E-state index contributed by atoms with van der Waals surface area (Å²) >= 11 is 0. The van der Waals surface area contributed by atoms with Crippen molar-refractivity contribution in [1.29, 1.82) is 0 Å². The van der Waals surface area contributed by atoms with Crippen molar-refractivity contribution in [2.45, 2.75) is 65.5 Å². The second-order valence-electron chi connectivity index (χ2n) is 5.98. The standard InChI is InChI=1S/C14H30N2/c1-6-8-9-16-10-13(12(3)7-2)15-11-14(16,4)5/h12-13,15H,6-11H2,1-5H3. The summed E-state index contributed by atoms with van der Waals surface area (Å²) in [7, 11) is 0. The fourth-order valence-corrected chi connectivity index (χ4v) is 2.45. The quantitative estimate of drug-likeness (QED) is 0.775. The van der Waals surface area contributed by atoms with E-state index in [1.54, 1.807) is 0 Å². The average molecular weight is 226 g/mol. The van der Waals surface area contributed by atoms with Crippen molar-refractivity contribution in [2.75, 3.05) is 19.6 Å². The van der Waals surface area contributed by atoms with Gasteiger partial charge in [-0.2, -0.15) is 0 Å². The van der Waals surface area contributed by atoms with Gasteiger partial charge in [-0.15, -0.1) is 0 Å². The zero-order chi connectivity index (χ0) is 12.2. The van der Waals surface area contributed by atoms with E-state index < -0.39 is 0 Å². The molecule has 0 aliphatic carbocycles. The topological polar surface area (TPSA) is 15.3 Å². The average Bonchev–Trinajstić information content (AvgIpc) is 2.26. The highest BCUT2D eigenvalue weighted by molar-refractivity contribution is 4.94. The summed E-state index contributed by atoms with van der Waals surface area (Å²) in [5.74, 6) is 0.792. The first-order valence-corrected chi connectivity index (χ1v) is 6.99. The lowest BCUT2D eigenvalue weighted by Crippen LogP contribution is -2.63. The van der Waals surface area contributed by atoms with Crippen molar-refractivity contribution < 1.29 is 0 Å². The molecule has 16 heavy (non-hydrogen) atoms. The van der Waals surface area contributed by atoms with Crippen LogP contribution in [0.1, 0.15) is 53.9 Å². The van der Waals surface area contributed by atoms with Crippen LogP contribution in [0.15, 0.2) is 0 Å². The summed E-state index contributed by atoms with van der Waals surface area (Å²) in [5.41, 5.74) is 0.332. The smallest absolute Gasteiger partial charge is 0.0278 e. The predicted molar refractivity (Wildman–Crippen MR) is 71.8 cm³/mol. The molecule has 1 heterocycles. The van der Waals surface area contributed by atoms with Crippen molar-refractivity contribution in [3.05, 3.63) is 0 Å². The SMILES string of the molecule is CCCCN1CC(C(C)CC)NCC1(C)C. The summed E-state index contributed by atoms with van der Waals surface area (Å²) in [4.78, 5) is 2.68. The van der Waals surface area contributed by atoms with Crippen LogP contribution in [0, 0.1) is 5.92 Å². The third kappa shape index (κ3) is 3.46. The number of rotatable bonds is 5. The summed E-state index contributed by atoms with van der Waals surface area (Å²) < 4.78 is 0. The molecule has 1 aliphatic heterocycles. The van der Waals surface area contributed by atoms with Gasteiger partial charge in [-0.3, -0.25) is 4.90 Å². The molecule has 1 N–H and O–H groups in total. The maximum absolute atomic E-state index is 3.72. The molecule has 1 saturated heterocycles. The van der Waals surface area contributed by atoms with Crippen LogP contribution in [-0.4, -0.2) is 36.1 Å². The van der Waals surface area contributed by atoms with Gasteiger partial charge in [0.25, 0.3) is 0 Å². The fourth-order valence-electron chi connectivity index (χ4n) is 2.45. The Bertz CT molecular complexity index is 201. The van der Waals surface area contributed by atoms with Crippen LogP contribution in [0.4, 0.5) is 0 Å². The molecular weight excluding hydrogens is 196 g/mol. The lowest BCUT2D eigenvalue weighted by Gasteiger charge is -2.47. The summed E-state index contributed by atoms with van der Waals surface area (Å²) in [6.45, 7) is 15.3. The Labute approximate surface area is 102 Å². The second-order valence-corrected chi connectivity index (χ2v) is 5.98. The van der Waals surface area contributed by atoms with Crippen LogP contribution in [0.5, 0.6) is 0 Å². The summed E-state index contributed by atoms with van der Waals surface area (Å²) in [6, 6.07) is 0.690. The number of nitrogens with zero attached hydrogens (tertiary/aromatic N) is 1. The second kappa shape index (κ2) is 6.02. The first-order chi connectivity index (χ1) is 7.51. The molecule has 1 aliphatic rings. The first-order valence-electron chi connectivity index (χ1n) is 6.99. The highest BCUT2D eigenvalue weighted by Gasteiger charge is 2.34. The van der Waals surface area contributed by atoms with Crippen LogP contribution in [0.2, 0.25) is 0 Å². The zero-order valence-corrected chi connectivity index (χ0v) is 11.8. The Hall–Kier alpha value is -0.0800. The van der Waals surface area contributed by atoms with Gasteiger partial charge < -0.3 is 5.32 Å². The lowest BCUT2D eigenvalue weighted by atomic mass is 9.90. The van der Waals surface area contributed by atoms with Crippen LogP contribution < -0.4 is 5.32 Å². The van der Waals surface area contributed by atoms with Gasteiger partial charge in [0.1, 0.15) is 0 Å². The predicted octanol–water partition coefficient (Wildman–Crippen LogP) is 2.89. The molecule has 2 heteroatoms. The van der Waals surface area contributed by atoms with Gasteiger partial charge in [-0.05, 0) is 32.7 Å². The van der Waals surface area contributed by atoms with Gasteiger partial charge >= 0.3 is 0 Å². The molecule has 96 valence electrons. The van der Waals surface area contributed by atoms with Gasteiger partial charge in [-0.1, -0.05) is 33.6 Å². The minimum atomic E-state index is 0.332. The van der Waals surface area contributed by atoms with Gasteiger partial charge in [0.2, 0.25) is 0 Å². The number of unbranched alkanes of at least 4 members (excludes halogenated alkanes) is 1. The largest absolute Gasteiger partial charge is 0.311 e. The van der Waals surface area contributed by atoms with E-state index in [0.29, 0.717) is 11.6 Å². The van der Waals surface area contributed by atoms with Gasteiger partial charge in [-0.25, -0.2) is 0 Å². The van der Waals surface area contributed by atoms with Crippen LogP contribution in [0.3, 0.4) is 0 Å². The van der Waals surface area contributed by atoms with E-state index in [9.17, 15) is 0 Å². The normalized spacial score (nSPS) is 27.9. The summed E-state index contributed by atoms with van der Waals surface area (Å²) in [6.07, 6.45) is 3.91. The minimum absolute atomic E-state index is 0.332. The van der Waals surface area contributed by atoms with E-state index in [1.807, 2.05) is 0 Å². The summed E-state index contributed by atoms with van der Waals surface area (Å²) in [5, 5.41) is 3.72. The van der Waals surface area contributed by atoms with E-state index in [4.69, 9.17) is 0 Å². The molecule has 2 atom stereocenters. The van der Waals surface area contributed by atoms with E-state index in [1.165, 1.54) is 32.4 Å². The van der Waals surface area contributed by atoms with E-state index in [-0.39, 0.29) is 0 Å². The van der Waals surface area contributed by atoms with Gasteiger partial charge in [0.15, 0.2) is 0 Å². The third-order valence-electron chi connectivity index (χ3n) is 4.18. The van der Waals surface area contributed by atoms with E-state index >= 15 is 0 Å². The molecule has 1 fully saturated rings. The number of nitrogens with one attached hydrogen (secondary N) is 1. The number of hydrogen-bond donors (Lipinski definition) is 1. The number of piperazine rings is 1. The Kier molecular flexibility index (Phi) is 5.26. The van der Waals surface area contributed by atoms with Crippen molar-refractivity contribution in [2.24, 2.45) is 5.92 Å². The van der Waals surface area contributed by atoms with E-state index in [0.717, 1.165) is 12.5 Å². The molecule has 0 aromatic carbocycles. The van der Waals surface area contributed by atoms with E-state index in [2.05, 4.69) is 44.8 Å². The van der Waals surface area contributed by atoms with Crippen LogP contribution >= 0.6 is 0 Å². The molecule has 1 rings (SSSR count). The molecule has 0 saturated carbocycles. The maximum atomic E-state index is 3.72. The monoisotopic (exact) mass is 226 g/mol. The van der Waals surface area contributed by atoms with Gasteiger partial charge in [0.05, 0.1) is 0 Å². The Morgan fingerprint density at radius 3 is 2.62 bits per heavy atom. The minimum Gasteiger partial charge on any atom is -0.311 e. The fraction of sp³-hybridized carbons (Fsp3) is 1.00. The van der Waals surface area contributed by atoms with Crippen LogP contribution in [0.25, 0.3) is 0 Å². The molecule has 2 nitrogen and oxygen atoms in total. The molecule has 2 unspecified atom stereocenters. The molecule has 0 aromatic rings. The highest BCUT2D eigenvalue weighted by Crippen LogP contribution is 2.22. The molecule has 0 aromatic heterocycles. The van der Waals surface area contributed by atoms with Crippen molar-refractivity contribution >= 4 is 0 Å². The van der Waals surface area contributed by atoms with Crippen molar-refractivity contribution in [3.63, 3.8) is 0 Å². The number of hydrogen-bond acceptors (Lipinski definition) is 2. The third-order valence-corrected chi connectivity index (χ3v) is 4.18. The van der Waals surface area contributed by atoms with Gasteiger partial charge in [0, 0.05) is 24.7 Å². The first kappa shape index (κ1) is 14.0. The molecule has 0 radical (unpaired) electrons. The molecular formula is C14H30N2. The molecule has 0 spiro atoms. The maximum Gasteiger partial charge on any atom is 0.0278 e. The molecule has 0 amide bonds. The zero-order valence-electron chi connectivity index (χ0n) is 11.8. The Morgan fingerprint density at radius 2 is 2.06 bits per heavy atom.